The van der Waals surface area contributed by atoms with Crippen molar-refractivity contribution in [3.8, 4) is 17.6 Å². The number of nitrogens with zero attached hydrogens (tertiary/aromatic N) is 2. The molecule has 0 bridgehead atoms. The van der Waals surface area contributed by atoms with E-state index in [1.54, 1.807) is 6.07 Å². The summed E-state index contributed by atoms with van der Waals surface area (Å²) < 4.78 is 44.5. The molecule has 0 aliphatic rings. The fraction of sp³-hybridized carbons (Fsp3) is 0.250. The van der Waals surface area contributed by atoms with Crippen molar-refractivity contribution in [2.45, 2.75) is 6.36 Å². The van der Waals surface area contributed by atoms with Crippen molar-refractivity contribution in [3.63, 3.8) is 0 Å². The summed E-state index contributed by atoms with van der Waals surface area (Å²) in [4.78, 5) is 3.63. The van der Waals surface area contributed by atoms with Gasteiger partial charge in [-0.15, -0.1) is 13.2 Å². The van der Waals surface area contributed by atoms with Crippen LogP contribution in [0.3, 0.4) is 0 Å². The van der Waals surface area contributed by atoms with Gasteiger partial charge in [-0.05, 0) is 15.9 Å². The lowest BCUT2D eigenvalue weighted by Gasteiger charge is -2.13. The van der Waals surface area contributed by atoms with Crippen molar-refractivity contribution in [1.82, 2.24) is 4.98 Å². The van der Waals surface area contributed by atoms with Crippen LogP contribution in [0.25, 0.3) is 0 Å². The highest BCUT2D eigenvalue weighted by molar-refractivity contribution is 9.10. The highest BCUT2D eigenvalue weighted by atomic mass is 79.9. The van der Waals surface area contributed by atoms with Crippen molar-refractivity contribution in [2.24, 2.45) is 0 Å². The number of methoxy groups -OCH3 is 1. The third-order valence-electron chi connectivity index (χ3n) is 1.50. The van der Waals surface area contributed by atoms with E-state index in [1.807, 2.05) is 0 Å². The number of pyridine rings is 1. The molecule has 0 spiro atoms. The molecule has 0 radical (unpaired) electrons. The molecule has 0 fully saturated rings. The predicted molar refractivity (Wildman–Crippen MR) is 49.9 cm³/mol. The Morgan fingerprint density at radius 3 is 2.56 bits per heavy atom. The summed E-state index contributed by atoms with van der Waals surface area (Å²) in [5.74, 6) is -0.976. The molecule has 1 aromatic heterocycles. The number of halogens is 4. The summed E-state index contributed by atoms with van der Waals surface area (Å²) in [5.41, 5.74) is -0.378. The van der Waals surface area contributed by atoms with Gasteiger partial charge in [-0.1, -0.05) is 0 Å². The van der Waals surface area contributed by atoms with Gasteiger partial charge >= 0.3 is 6.36 Å². The molecule has 0 unspecified atom stereocenters. The van der Waals surface area contributed by atoms with Crippen LogP contribution in [0.15, 0.2) is 10.8 Å². The monoisotopic (exact) mass is 296 g/mol. The van der Waals surface area contributed by atoms with Gasteiger partial charge in [0.15, 0.2) is 11.5 Å². The van der Waals surface area contributed by atoms with E-state index in [9.17, 15) is 13.2 Å². The number of hydrogen-bond donors (Lipinski definition) is 0. The second kappa shape index (κ2) is 4.57. The van der Waals surface area contributed by atoms with Gasteiger partial charge in [0.2, 0.25) is 0 Å². The molecule has 4 nitrogen and oxygen atoms in total. The van der Waals surface area contributed by atoms with Crippen molar-refractivity contribution >= 4 is 15.9 Å². The van der Waals surface area contributed by atoms with E-state index in [1.165, 1.54) is 0 Å². The van der Waals surface area contributed by atoms with Crippen LogP contribution in [0, 0.1) is 11.3 Å². The highest BCUT2D eigenvalue weighted by Crippen LogP contribution is 2.37. The normalized spacial score (nSPS) is 10.8. The first-order chi connectivity index (χ1) is 7.39. The van der Waals surface area contributed by atoms with E-state index in [4.69, 9.17) is 5.26 Å². The molecule has 0 N–H and O–H groups in total. The van der Waals surface area contributed by atoms with E-state index in [0.29, 0.717) is 0 Å². The zero-order valence-electron chi connectivity index (χ0n) is 7.80. The van der Waals surface area contributed by atoms with Crippen LogP contribution in [-0.2, 0) is 0 Å². The van der Waals surface area contributed by atoms with E-state index in [-0.39, 0.29) is 15.9 Å². The molecule has 1 aromatic rings. The molecule has 0 amide bonds. The Hall–Kier alpha value is -1.49. The summed E-state index contributed by atoms with van der Waals surface area (Å²) in [5, 5.41) is 8.69. The second-order valence-electron chi connectivity index (χ2n) is 2.48. The molecular weight excluding hydrogens is 293 g/mol. The van der Waals surface area contributed by atoms with Gasteiger partial charge < -0.3 is 9.47 Å². The van der Waals surface area contributed by atoms with Gasteiger partial charge in [-0.25, -0.2) is 4.98 Å². The van der Waals surface area contributed by atoms with Crippen LogP contribution in [0.4, 0.5) is 13.2 Å². The number of ether oxygens (including phenoxy) is 2. The lowest BCUT2D eigenvalue weighted by Crippen LogP contribution is -2.18. The average Bonchev–Trinajstić information content (AvgIpc) is 2.16. The SMILES string of the molecule is COc1cnc(Br)c(C#N)c1OC(F)(F)F. The fourth-order valence-electron chi connectivity index (χ4n) is 0.915. The molecular formula is C8H4BrF3N2O2. The van der Waals surface area contributed by atoms with Gasteiger partial charge in [0.25, 0.3) is 0 Å². The maximum absolute atomic E-state index is 12.1. The third kappa shape index (κ3) is 2.76. The van der Waals surface area contributed by atoms with Crippen LogP contribution < -0.4 is 9.47 Å². The first-order valence-corrected chi connectivity index (χ1v) is 4.56. The smallest absolute Gasteiger partial charge is 0.491 e. The molecule has 16 heavy (non-hydrogen) atoms. The molecule has 0 atom stereocenters. The minimum absolute atomic E-state index is 0.0462. The average molecular weight is 297 g/mol. The maximum Gasteiger partial charge on any atom is 0.573 e. The molecule has 86 valence electrons. The zero-order chi connectivity index (χ0) is 12.3. The van der Waals surface area contributed by atoms with Gasteiger partial charge in [-0.3, -0.25) is 0 Å². The van der Waals surface area contributed by atoms with E-state index in [0.717, 1.165) is 13.3 Å². The van der Waals surface area contributed by atoms with Crippen LogP contribution in [-0.4, -0.2) is 18.5 Å². The largest absolute Gasteiger partial charge is 0.573 e. The molecule has 0 aliphatic heterocycles. The highest BCUT2D eigenvalue weighted by Gasteiger charge is 2.34. The molecule has 1 heterocycles. The van der Waals surface area contributed by atoms with Gasteiger partial charge in [0, 0.05) is 0 Å². The summed E-state index contributed by atoms with van der Waals surface area (Å²) in [6.07, 6.45) is -3.88. The van der Waals surface area contributed by atoms with Crippen molar-refractivity contribution in [2.75, 3.05) is 7.11 Å². The lowest BCUT2D eigenvalue weighted by molar-refractivity contribution is -0.275. The number of hydrogen-bond acceptors (Lipinski definition) is 4. The number of nitriles is 1. The first kappa shape index (κ1) is 12.6. The number of aromatic nitrogens is 1. The summed E-state index contributed by atoms with van der Waals surface area (Å²) in [7, 11) is 1.15. The molecule has 0 aliphatic carbocycles. The molecule has 0 saturated heterocycles. The van der Waals surface area contributed by atoms with Crippen molar-refractivity contribution in [1.29, 1.82) is 5.26 Å². The van der Waals surface area contributed by atoms with Crippen LogP contribution >= 0.6 is 15.9 Å². The summed E-state index contributed by atoms with van der Waals surface area (Å²) >= 11 is 2.84. The fourth-order valence-corrected chi connectivity index (χ4v) is 1.29. The first-order valence-electron chi connectivity index (χ1n) is 3.77. The quantitative estimate of drug-likeness (QED) is 0.787. The van der Waals surface area contributed by atoms with E-state index in [2.05, 4.69) is 30.4 Å². The van der Waals surface area contributed by atoms with Crippen LogP contribution in [0.2, 0.25) is 0 Å². The molecule has 1 rings (SSSR count). The minimum Gasteiger partial charge on any atom is -0.491 e. The van der Waals surface area contributed by atoms with Gasteiger partial charge in [0.05, 0.1) is 13.3 Å². The van der Waals surface area contributed by atoms with Crippen molar-refractivity contribution in [3.05, 3.63) is 16.4 Å². The third-order valence-corrected chi connectivity index (χ3v) is 2.10. The molecule has 0 saturated carbocycles. The molecule has 8 heteroatoms. The zero-order valence-corrected chi connectivity index (χ0v) is 9.39. The Morgan fingerprint density at radius 1 is 1.50 bits per heavy atom. The standard InChI is InChI=1S/C8H4BrF3N2O2/c1-15-5-3-14-7(9)4(2-13)6(5)16-8(10,11)12/h3H,1H3. The van der Waals surface area contributed by atoms with Crippen molar-refractivity contribution < 1.29 is 22.6 Å². The van der Waals surface area contributed by atoms with Gasteiger partial charge in [-0.2, -0.15) is 5.26 Å². The molecule has 0 aromatic carbocycles. The Balaban J connectivity index is 3.33. The van der Waals surface area contributed by atoms with Crippen LogP contribution in [0.1, 0.15) is 5.56 Å². The van der Waals surface area contributed by atoms with E-state index >= 15 is 0 Å². The maximum atomic E-state index is 12.1. The Kier molecular flexibility index (Phi) is 3.59. The minimum atomic E-state index is -4.90. The van der Waals surface area contributed by atoms with Crippen LogP contribution in [0.5, 0.6) is 11.5 Å². The summed E-state index contributed by atoms with van der Waals surface area (Å²) in [6.45, 7) is 0. The van der Waals surface area contributed by atoms with Gasteiger partial charge in [0.1, 0.15) is 16.2 Å². The number of rotatable bonds is 2. The Bertz CT molecular complexity index is 442. The lowest BCUT2D eigenvalue weighted by atomic mass is 10.2. The number of alkyl halides is 3. The summed E-state index contributed by atoms with van der Waals surface area (Å²) in [6, 6.07) is 1.55. The second-order valence-corrected chi connectivity index (χ2v) is 3.23. The van der Waals surface area contributed by atoms with E-state index < -0.39 is 12.1 Å². The topological polar surface area (TPSA) is 55.1 Å². The Labute approximate surface area is 96.7 Å². The predicted octanol–water partition coefficient (Wildman–Crippen LogP) is 2.62. The Morgan fingerprint density at radius 2 is 2.12 bits per heavy atom.